The summed E-state index contributed by atoms with van der Waals surface area (Å²) in [6.45, 7) is 1.21. The van der Waals surface area contributed by atoms with E-state index in [1.54, 1.807) is 7.11 Å². The van der Waals surface area contributed by atoms with Crippen LogP contribution >= 0.6 is 15.9 Å². The first-order chi connectivity index (χ1) is 9.24. The molecule has 0 heterocycles. The van der Waals surface area contributed by atoms with E-state index in [2.05, 4.69) is 21.2 Å². The lowest BCUT2D eigenvalue weighted by Crippen LogP contribution is -2.60. The summed E-state index contributed by atoms with van der Waals surface area (Å²) in [5, 5.41) is 3.25. The Morgan fingerprint density at radius 3 is 2.63 bits per heavy atom. The quantitative estimate of drug-likeness (QED) is 0.779. The average molecular weight is 330 g/mol. The Balaban J connectivity index is 1.86. The Hall–Kier alpha value is -0.620. The molecule has 1 N–H and O–H groups in total. The summed E-state index contributed by atoms with van der Waals surface area (Å²) in [4.78, 5) is 0. The number of hydrogen-bond donors (Lipinski definition) is 1. The SMILES string of the molecule is CNC1CC(Oc2ccc(Br)cc2)C1OCCOC. The van der Waals surface area contributed by atoms with Crippen LogP contribution in [0.15, 0.2) is 28.7 Å². The number of benzene rings is 1. The van der Waals surface area contributed by atoms with Gasteiger partial charge in [-0.3, -0.25) is 0 Å². The van der Waals surface area contributed by atoms with Gasteiger partial charge in [-0.1, -0.05) is 15.9 Å². The maximum Gasteiger partial charge on any atom is 0.128 e. The monoisotopic (exact) mass is 329 g/mol. The lowest BCUT2D eigenvalue weighted by Gasteiger charge is -2.43. The largest absolute Gasteiger partial charge is 0.488 e. The molecule has 0 bridgehead atoms. The van der Waals surface area contributed by atoms with E-state index >= 15 is 0 Å². The molecule has 0 aliphatic heterocycles. The topological polar surface area (TPSA) is 39.7 Å². The lowest BCUT2D eigenvalue weighted by atomic mass is 9.85. The second-order valence-corrected chi connectivity index (χ2v) is 5.48. The Bertz CT molecular complexity index is 385. The number of ether oxygens (including phenoxy) is 3. The van der Waals surface area contributed by atoms with E-state index in [9.17, 15) is 0 Å². The molecule has 4 nitrogen and oxygen atoms in total. The van der Waals surface area contributed by atoms with Gasteiger partial charge in [-0.25, -0.2) is 0 Å². The number of hydrogen-bond acceptors (Lipinski definition) is 4. The fourth-order valence-corrected chi connectivity index (χ4v) is 2.42. The minimum atomic E-state index is 0.0868. The molecule has 5 heteroatoms. The lowest BCUT2D eigenvalue weighted by molar-refractivity contribution is -0.114. The Labute approximate surface area is 122 Å². The first-order valence-corrected chi connectivity index (χ1v) is 7.24. The molecule has 0 aromatic heterocycles. The van der Waals surface area contributed by atoms with Crippen molar-refractivity contribution in [2.75, 3.05) is 27.4 Å². The summed E-state index contributed by atoms with van der Waals surface area (Å²) in [5.74, 6) is 0.878. The van der Waals surface area contributed by atoms with Gasteiger partial charge in [0.05, 0.1) is 13.2 Å². The van der Waals surface area contributed by atoms with Crippen molar-refractivity contribution in [1.82, 2.24) is 5.32 Å². The van der Waals surface area contributed by atoms with Gasteiger partial charge < -0.3 is 19.5 Å². The fourth-order valence-electron chi connectivity index (χ4n) is 2.16. The van der Waals surface area contributed by atoms with Crippen molar-refractivity contribution in [3.63, 3.8) is 0 Å². The number of likely N-dealkylation sites (N-methyl/N-ethyl adjacent to an activating group) is 1. The van der Waals surface area contributed by atoms with Crippen LogP contribution in [0.25, 0.3) is 0 Å². The summed E-state index contributed by atoms with van der Waals surface area (Å²) in [7, 11) is 3.63. The molecule has 106 valence electrons. The van der Waals surface area contributed by atoms with E-state index in [4.69, 9.17) is 14.2 Å². The van der Waals surface area contributed by atoms with Crippen LogP contribution in [-0.2, 0) is 9.47 Å². The Morgan fingerprint density at radius 1 is 1.26 bits per heavy atom. The van der Waals surface area contributed by atoms with Gasteiger partial charge in [-0.15, -0.1) is 0 Å². The first kappa shape index (κ1) is 14.8. The number of nitrogens with one attached hydrogen (secondary N) is 1. The van der Waals surface area contributed by atoms with Crippen molar-refractivity contribution < 1.29 is 14.2 Å². The number of halogens is 1. The van der Waals surface area contributed by atoms with Crippen LogP contribution in [0.1, 0.15) is 6.42 Å². The average Bonchev–Trinajstić information content (AvgIpc) is 2.41. The van der Waals surface area contributed by atoms with Crippen LogP contribution in [0.4, 0.5) is 0 Å². The van der Waals surface area contributed by atoms with Crippen LogP contribution < -0.4 is 10.1 Å². The van der Waals surface area contributed by atoms with Crippen LogP contribution in [-0.4, -0.2) is 45.6 Å². The summed E-state index contributed by atoms with van der Waals surface area (Å²) >= 11 is 3.41. The van der Waals surface area contributed by atoms with Crippen molar-refractivity contribution in [2.45, 2.75) is 24.7 Å². The van der Waals surface area contributed by atoms with E-state index in [0.717, 1.165) is 16.6 Å². The fraction of sp³-hybridized carbons (Fsp3) is 0.571. The molecule has 19 heavy (non-hydrogen) atoms. The highest BCUT2D eigenvalue weighted by molar-refractivity contribution is 9.10. The summed E-state index contributed by atoms with van der Waals surface area (Å²) in [5.41, 5.74) is 0. The van der Waals surface area contributed by atoms with E-state index in [-0.39, 0.29) is 12.2 Å². The Morgan fingerprint density at radius 2 is 2.00 bits per heavy atom. The summed E-state index contributed by atoms with van der Waals surface area (Å²) in [6, 6.07) is 8.23. The molecule has 1 aromatic carbocycles. The van der Waals surface area contributed by atoms with Crippen molar-refractivity contribution in [3.05, 3.63) is 28.7 Å². The molecule has 1 fully saturated rings. The molecule has 1 saturated carbocycles. The van der Waals surface area contributed by atoms with Gasteiger partial charge in [0, 0.05) is 24.0 Å². The minimum Gasteiger partial charge on any atom is -0.488 e. The molecule has 3 atom stereocenters. The van der Waals surface area contributed by atoms with E-state index in [1.165, 1.54) is 0 Å². The molecular formula is C14H20BrNO3. The van der Waals surface area contributed by atoms with Crippen molar-refractivity contribution >= 4 is 15.9 Å². The standard InChI is InChI=1S/C14H20BrNO3/c1-16-12-9-13(14(12)18-8-7-17-2)19-11-5-3-10(15)4-6-11/h3-6,12-14,16H,7-9H2,1-2H3. The molecule has 0 spiro atoms. The van der Waals surface area contributed by atoms with Crippen molar-refractivity contribution in [2.24, 2.45) is 0 Å². The van der Waals surface area contributed by atoms with Crippen LogP contribution in [0.2, 0.25) is 0 Å². The van der Waals surface area contributed by atoms with Gasteiger partial charge in [0.25, 0.3) is 0 Å². The van der Waals surface area contributed by atoms with E-state index in [0.29, 0.717) is 19.3 Å². The summed E-state index contributed by atoms with van der Waals surface area (Å²) in [6.07, 6.45) is 1.16. The molecule has 1 aliphatic carbocycles. The third-order valence-corrected chi connectivity index (χ3v) is 3.85. The smallest absolute Gasteiger partial charge is 0.128 e. The molecule has 0 amide bonds. The molecule has 3 unspecified atom stereocenters. The minimum absolute atomic E-state index is 0.0868. The number of rotatable bonds is 7. The summed E-state index contributed by atoms with van der Waals surface area (Å²) < 4.78 is 17.8. The predicted molar refractivity (Wildman–Crippen MR) is 77.6 cm³/mol. The van der Waals surface area contributed by atoms with Crippen molar-refractivity contribution in [3.8, 4) is 5.75 Å². The molecule has 1 aromatic rings. The van der Waals surface area contributed by atoms with Gasteiger partial charge in [0.15, 0.2) is 0 Å². The normalized spacial score (nSPS) is 25.9. The van der Waals surface area contributed by atoms with Gasteiger partial charge in [-0.2, -0.15) is 0 Å². The zero-order valence-electron chi connectivity index (χ0n) is 11.3. The molecular weight excluding hydrogens is 310 g/mol. The van der Waals surface area contributed by atoms with Crippen LogP contribution in [0.3, 0.4) is 0 Å². The molecule has 0 saturated heterocycles. The second kappa shape index (κ2) is 7.24. The molecule has 0 radical (unpaired) electrons. The molecule has 1 aliphatic rings. The molecule has 2 rings (SSSR count). The zero-order chi connectivity index (χ0) is 13.7. The highest BCUT2D eigenvalue weighted by Gasteiger charge is 2.43. The van der Waals surface area contributed by atoms with Gasteiger partial charge in [0.1, 0.15) is 18.0 Å². The van der Waals surface area contributed by atoms with Gasteiger partial charge in [-0.05, 0) is 31.3 Å². The van der Waals surface area contributed by atoms with Crippen molar-refractivity contribution in [1.29, 1.82) is 0 Å². The third-order valence-electron chi connectivity index (χ3n) is 3.32. The number of methoxy groups -OCH3 is 1. The van der Waals surface area contributed by atoms with Crippen LogP contribution in [0.5, 0.6) is 5.75 Å². The Kier molecular flexibility index (Phi) is 5.63. The first-order valence-electron chi connectivity index (χ1n) is 6.44. The second-order valence-electron chi connectivity index (χ2n) is 4.57. The van der Waals surface area contributed by atoms with Crippen LogP contribution in [0, 0.1) is 0 Å². The van der Waals surface area contributed by atoms with Gasteiger partial charge in [0.2, 0.25) is 0 Å². The maximum absolute atomic E-state index is 5.95. The predicted octanol–water partition coefficient (Wildman–Crippen LogP) is 2.22. The highest BCUT2D eigenvalue weighted by Crippen LogP contribution is 2.29. The highest BCUT2D eigenvalue weighted by atomic mass is 79.9. The zero-order valence-corrected chi connectivity index (χ0v) is 12.9. The van der Waals surface area contributed by atoms with E-state index in [1.807, 2.05) is 31.3 Å². The maximum atomic E-state index is 5.95. The third kappa shape index (κ3) is 3.92. The van der Waals surface area contributed by atoms with E-state index < -0.39 is 0 Å². The van der Waals surface area contributed by atoms with Gasteiger partial charge >= 0.3 is 0 Å².